The van der Waals surface area contributed by atoms with Crippen molar-refractivity contribution >= 4 is 29.9 Å². The maximum atomic E-state index is 5.84. The number of nitrogens with one attached hydrogen (secondary N) is 1. The SMILES string of the molecule is CN=C(NCc1ncc(-c2ccccc2)o1)N(C)CCC1CCOCC1.I. The number of aromatic nitrogens is 1. The van der Waals surface area contributed by atoms with E-state index in [0.717, 1.165) is 49.4 Å². The van der Waals surface area contributed by atoms with Crippen LogP contribution in [0.2, 0.25) is 0 Å². The van der Waals surface area contributed by atoms with Gasteiger partial charge < -0.3 is 19.4 Å². The smallest absolute Gasteiger partial charge is 0.214 e. The third-order valence-electron chi connectivity index (χ3n) is 4.80. The van der Waals surface area contributed by atoms with Gasteiger partial charge in [-0.15, -0.1) is 24.0 Å². The van der Waals surface area contributed by atoms with E-state index < -0.39 is 0 Å². The van der Waals surface area contributed by atoms with Crippen LogP contribution in [0, 0.1) is 5.92 Å². The zero-order valence-electron chi connectivity index (χ0n) is 16.1. The van der Waals surface area contributed by atoms with E-state index >= 15 is 0 Å². The summed E-state index contributed by atoms with van der Waals surface area (Å²) in [5.41, 5.74) is 1.03. The Balaban J connectivity index is 0.00000261. The molecule has 0 radical (unpaired) electrons. The molecule has 1 aliphatic rings. The number of nitrogens with zero attached hydrogens (tertiary/aromatic N) is 3. The van der Waals surface area contributed by atoms with Crippen LogP contribution in [-0.2, 0) is 11.3 Å². The molecular weight excluding hydrogens is 455 g/mol. The molecule has 1 aliphatic heterocycles. The van der Waals surface area contributed by atoms with Crippen LogP contribution in [0.1, 0.15) is 25.2 Å². The standard InChI is InChI=1S/C20H28N4O2.HI/c1-21-20(24(2)11-8-16-9-12-25-13-10-16)23-15-19-22-14-18(26-19)17-6-4-3-5-7-17;/h3-7,14,16H,8-13,15H2,1-2H3,(H,21,23);1H. The van der Waals surface area contributed by atoms with Crippen LogP contribution in [0.5, 0.6) is 0 Å². The monoisotopic (exact) mass is 484 g/mol. The van der Waals surface area contributed by atoms with Crippen molar-refractivity contribution in [3.63, 3.8) is 0 Å². The third-order valence-corrected chi connectivity index (χ3v) is 4.80. The van der Waals surface area contributed by atoms with Crippen molar-refractivity contribution in [1.29, 1.82) is 0 Å². The summed E-state index contributed by atoms with van der Waals surface area (Å²) in [6.07, 6.45) is 5.26. The fourth-order valence-corrected chi connectivity index (χ4v) is 3.18. The maximum Gasteiger partial charge on any atom is 0.214 e. The van der Waals surface area contributed by atoms with Gasteiger partial charge in [-0.1, -0.05) is 30.3 Å². The van der Waals surface area contributed by atoms with Crippen molar-refractivity contribution in [1.82, 2.24) is 15.2 Å². The molecule has 148 valence electrons. The molecule has 0 atom stereocenters. The van der Waals surface area contributed by atoms with Crippen LogP contribution < -0.4 is 5.32 Å². The number of hydrogen-bond donors (Lipinski definition) is 1. The van der Waals surface area contributed by atoms with Gasteiger partial charge in [-0.3, -0.25) is 4.99 Å². The van der Waals surface area contributed by atoms with Crippen LogP contribution in [0.25, 0.3) is 11.3 Å². The molecule has 1 fully saturated rings. The number of halogens is 1. The molecule has 0 saturated carbocycles. The highest BCUT2D eigenvalue weighted by atomic mass is 127. The lowest BCUT2D eigenvalue weighted by Crippen LogP contribution is -2.39. The van der Waals surface area contributed by atoms with E-state index in [4.69, 9.17) is 9.15 Å². The highest BCUT2D eigenvalue weighted by molar-refractivity contribution is 14.0. The van der Waals surface area contributed by atoms with E-state index in [1.54, 1.807) is 13.2 Å². The molecule has 0 spiro atoms. The summed E-state index contributed by atoms with van der Waals surface area (Å²) in [4.78, 5) is 10.9. The predicted octanol–water partition coefficient (Wildman–Crippen LogP) is 3.78. The molecule has 3 rings (SSSR count). The lowest BCUT2D eigenvalue weighted by atomic mass is 9.96. The molecule has 0 amide bonds. The van der Waals surface area contributed by atoms with Crippen molar-refractivity contribution in [2.75, 3.05) is 33.9 Å². The molecule has 1 aromatic carbocycles. The zero-order valence-corrected chi connectivity index (χ0v) is 18.4. The third kappa shape index (κ3) is 6.49. The topological polar surface area (TPSA) is 62.9 Å². The summed E-state index contributed by atoms with van der Waals surface area (Å²) in [6.45, 7) is 3.29. The number of ether oxygens (including phenoxy) is 1. The van der Waals surface area contributed by atoms with Crippen LogP contribution in [0.3, 0.4) is 0 Å². The van der Waals surface area contributed by atoms with Gasteiger partial charge in [0.05, 0.1) is 12.7 Å². The first-order chi connectivity index (χ1) is 12.8. The van der Waals surface area contributed by atoms with E-state index in [2.05, 4.69) is 27.2 Å². The van der Waals surface area contributed by atoms with Crippen LogP contribution >= 0.6 is 24.0 Å². The highest BCUT2D eigenvalue weighted by Gasteiger charge is 2.15. The molecule has 2 heterocycles. The molecule has 0 aliphatic carbocycles. The molecule has 27 heavy (non-hydrogen) atoms. The summed E-state index contributed by atoms with van der Waals surface area (Å²) in [5, 5.41) is 3.33. The fraction of sp³-hybridized carbons (Fsp3) is 0.500. The van der Waals surface area contributed by atoms with E-state index in [-0.39, 0.29) is 24.0 Å². The molecule has 1 aromatic heterocycles. The van der Waals surface area contributed by atoms with Gasteiger partial charge in [-0.05, 0) is 25.2 Å². The first kappa shape index (κ1) is 21.7. The van der Waals surface area contributed by atoms with Gasteiger partial charge in [0.15, 0.2) is 11.7 Å². The number of benzene rings is 1. The Kier molecular flexibility index (Phi) is 9.06. The number of oxazole rings is 1. The summed E-state index contributed by atoms with van der Waals surface area (Å²) in [6, 6.07) is 10.0. The van der Waals surface area contributed by atoms with Gasteiger partial charge in [0.2, 0.25) is 5.89 Å². The Labute approximate surface area is 178 Å². The molecule has 2 aromatic rings. The van der Waals surface area contributed by atoms with E-state index in [9.17, 15) is 0 Å². The Bertz CT molecular complexity index is 699. The Hall–Kier alpha value is -1.61. The van der Waals surface area contributed by atoms with Crippen LogP contribution in [0.15, 0.2) is 45.9 Å². The first-order valence-electron chi connectivity index (χ1n) is 9.26. The average molecular weight is 484 g/mol. The summed E-state index contributed by atoms with van der Waals surface area (Å²) in [5.74, 6) is 3.05. The van der Waals surface area contributed by atoms with Crippen molar-refractivity contribution in [3.8, 4) is 11.3 Å². The van der Waals surface area contributed by atoms with Gasteiger partial charge in [0.25, 0.3) is 0 Å². The van der Waals surface area contributed by atoms with Gasteiger partial charge in [0.1, 0.15) is 0 Å². The first-order valence-corrected chi connectivity index (χ1v) is 9.26. The summed E-state index contributed by atoms with van der Waals surface area (Å²) >= 11 is 0. The zero-order chi connectivity index (χ0) is 18.2. The van der Waals surface area contributed by atoms with Gasteiger partial charge >= 0.3 is 0 Å². The Morgan fingerprint density at radius 3 is 2.70 bits per heavy atom. The average Bonchev–Trinajstić information content (AvgIpc) is 3.17. The Morgan fingerprint density at radius 2 is 2.00 bits per heavy atom. The normalized spacial score (nSPS) is 15.3. The predicted molar refractivity (Wildman–Crippen MR) is 118 cm³/mol. The molecular formula is C20H29IN4O2. The lowest BCUT2D eigenvalue weighted by molar-refractivity contribution is 0.0625. The second-order valence-corrected chi connectivity index (χ2v) is 6.65. The highest BCUT2D eigenvalue weighted by Crippen LogP contribution is 2.20. The van der Waals surface area contributed by atoms with Gasteiger partial charge in [0, 0.05) is 39.4 Å². The quantitative estimate of drug-likeness (QED) is 0.384. The summed E-state index contributed by atoms with van der Waals surface area (Å²) < 4.78 is 11.3. The second kappa shape index (κ2) is 11.3. The van der Waals surface area contributed by atoms with E-state index in [1.165, 1.54) is 12.8 Å². The minimum atomic E-state index is 0. The molecule has 6 nitrogen and oxygen atoms in total. The summed E-state index contributed by atoms with van der Waals surface area (Å²) in [7, 11) is 3.87. The van der Waals surface area contributed by atoms with Crippen molar-refractivity contribution < 1.29 is 9.15 Å². The van der Waals surface area contributed by atoms with E-state index in [0.29, 0.717) is 12.4 Å². The van der Waals surface area contributed by atoms with Crippen molar-refractivity contribution in [3.05, 3.63) is 42.4 Å². The number of aliphatic imine (C=N–C) groups is 1. The molecule has 7 heteroatoms. The van der Waals surface area contributed by atoms with E-state index in [1.807, 2.05) is 30.3 Å². The maximum absolute atomic E-state index is 5.84. The number of rotatable bonds is 6. The molecule has 0 unspecified atom stereocenters. The molecule has 1 saturated heterocycles. The fourth-order valence-electron chi connectivity index (χ4n) is 3.18. The molecule has 1 N–H and O–H groups in total. The van der Waals surface area contributed by atoms with Crippen LogP contribution in [0.4, 0.5) is 0 Å². The Morgan fingerprint density at radius 1 is 1.26 bits per heavy atom. The van der Waals surface area contributed by atoms with Crippen LogP contribution in [-0.4, -0.2) is 49.7 Å². The largest absolute Gasteiger partial charge is 0.439 e. The molecule has 0 bridgehead atoms. The van der Waals surface area contributed by atoms with Gasteiger partial charge in [-0.2, -0.15) is 0 Å². The minimum absolute atomic E-state index is 0. The second-order valence-electron chi connectivity index (χ2n) is 6.65. The van der Waals surface area contributed by atoms with Crippen molar-refractivity contribution in [2.45, 2.75) is 25.8 Å². The van der Waals surface area contributed by atoms with Crippen molar-refractivity contribution in [2.24, 2.45) is 10.9 Å². The number of hydrogen-bond acceptors (Lipinski definition) is 4. The van der Waals surface area contributed by atoms with Gasteiger partial charge in [-0.25, -0.2) is 4.98 Å². The minimum Gasteiger partial charge on any atom is -0.439 e. The lowest BCUT2D eigenvalue weighted by Gasteiger charge is -2.26. The number of guanidine groups is 1.